The molecule has 0 spiro atoms. The first-order chi connectivity index (χ1) is 31.1. The molecule has 2 heterocycles. The Morgan fingerprint density at radius 3 is 1.57 bits per heavy atom. The summed E-state index contributed by atoms with van der Waals surface area (Å²) >= 11 is 0. The van der Waals surface area contributed by atoms with Crippen LogP contribution in [-0.4, -0.2) is 77.0 Å². The van der Waals surface area contributed by atoms with E-state index in [4.69, 9.17) is 47.4 Å². The Balaban J connectivity index is 1.17. The molecule has 10 heteroatoms. The third-order valence-corrected chi connectivity index (χ3v) is 11.3. The van der Waals surface area contributed by atoms with Gasteiger partial charge in [-0.1, -0.05) is 133 Å². The fourth-order valence-corrected chi connectivity index (χ4v) is 7.97. The topological polar surface area (TPSA) is 92.3 Å². The number of hydrogen-bond acceptors (Lipinski definition) is 10. The molecule has 0 bridgehead atoms. The number of hydrogen-bond donors (Lipinski definition) is 0. The Bertz CT molecular complexity index is 2020. The van der Waals surface area contributed by atoms with Crippen molar-refractivity contribution in [3.05, 3.63) is 185 Å². The molecule has 0 amide bonds. The van der Waals surface area contributed by atoms with Gasteiger partial charge in [0.15, 0.2) is 0 Å². The average molecular weight is 859 g/mol. The third kappa shape index (κ3) is 14.6. The van der Waals surface area contributed by atoms with E-state index in [2.05, 4.69) is 54.6 Å². The van der Waals surface area contributed by atoms with E-state index in [0.717, 1.165) is 45.7 Å². The molecule has 0 N–H and O–H groups in total. The van der Waals surface area contributed by atoms with E-state index in [9.17, 15) is 0 Å². The molecule has 0 aliphatic carbocycles. The third-order valence-electron chi connectivity index (χ3n) is 11.3. The zero-order valence-electron chi connectivity index (χ0n) is 36.5. The van der Waals surface area contributed by atoms with E-state index < -0.39 is 24.4 Å². The monoisotopic (exact) mass is 858 g/mol. The van der Waals surface area contributed by atoms with Gasteiger partial charge in [0.2, 0.25) is 0 Å². The highest BCUT2D eigenvalue weighted by Gasteiger charge is 2.48. The fraction of sp³-hybridized carbons (Fsp3) is 0.396. The zero-order chi connectivity index (χ0) is 43.3. The fourth-order valence-electron chi connectivity index (χ4n) is 7.97. The van der Waals surface area contributed by atoms with Gasteiger partial charge < -0.3 is 47.4 Å². The minimum Gasteiger partial charge on any atom is -0.497 e. The van der Waals surface area contributed by atoms with Crippen LogP contribution in [0.1, 0.15) is 53.5 Å². The molecule has 2 aliphatic rings. The largest absolute Gasteiger partial charge is 0.497 e. The van der Waals surface area contributed by atoms with Gasteiger partial charge in [-0.25, -0.2) is 0 Å². The molecule has 10 nitrogen and oxygen atoms in total. The lowest BCUT2D eigenvalue weighted by Gasteiger charge is -2.47. The Morgan fingerprint density at radius 1 is 0.508 bits per heavy atom. The summed E-state index contributed by atoms with van der Waals surface area (Å²) in [6, 6.07) is 48.7. The van der Waals surface area contributed by atoms with Gasteiger partial charge in [-0.3, -0.25) is 0 Å². The molecule has 1 saturated heterocycles. The number of methoxy groups -OCH3 is 2. The average Bonchev–Trinajstić information content (AvgIpc) is 3.33. The maximum Gasteiger partial charge on any atom is 0.148 e. The maximum absolute atomic E-state index is 7.20. The van der Waals surface area contributed by atoms with Crippen LogP contribution in [0, 0.1) is 0 Å². The SMILES string of the molecule is COCOCCC[C@@H]1O[C@H](CC2=CC[C@H](OCc3ccccc3)[C@@H](COCc3ccccc3)O2)[C@@H](OCc2ccc(OC)cc2)[C@H](OCc2ccccc2)[C@H]1OCc1ccccc1. The second-order valence-electron chi connectivity index (χ2n) is 15.9. The number of ether oxygens (including phenoxy) is 10. The molecule has 5 aromatic rings. The maximum atomic E-state index is 7.20. The van der Waals surface area contributed by atoms with Gasteiger partial charge in [0.25, 0.3) is 0 Å². The molecule has 5 aromatic carbocycles. The van der Waals surface area contributed by atoms with E-state index in [0.29, 0.717) is 65.5 Å². The van der Waals surface area contributed by atoms with Crippen LogP contribution in [0.25, 0.3) is 0 Å². The second-order valence-corrected chi connectivity index (χ2v) is 15.9. The van der Waals surface area contributed by atoms with Gasteiger partial charge in [-0.05, 0) is 65.3 Å². The van der Waals surface area contributed by atoms with Crippen molar-refractivity contribution < 1.29 is 47.4 Å². The van der Waals surface area contributed by atoms with Gasteiger partial charge >= 0.3 is 0 Å². The molecule has 7 atom stereocenters. The molecule has 0 aromatic heterocycles. The Morgan fingerprint density at radius 2 is 1.02 bits per heavy atom. The van der Waals surface area contributed by atoms with E-state index in [1.54, 1.807) is 14.2 Å². The highest BCUT2D eigenvalue weighted by Crippen LogP contribution is 2.36. The van der Waals surface area contributed by atoms with Crippen LogP contribution < -0.4 is 4.74 Å². The first-order valence-electron chi connectivity index (χ1n) is 22.1. The molecule has 63 heavy (non-hydrogen) atoms. The van der Waals surface area contributed by atoms with Gasteiger partial charge in [0, 0.05) is 20.1 Å². The number of rotatable bonds is 25. The van der Waals surface area contributed by atoms with Crippen LogP contribution >= 0.6 is 0 Å². The Labute approximate surface area is 372 Å². The highest BCUT2D eigenvalue weighted by molar-refractivity contribution is 5.27. The predicted molar refractivity (Wildman–Crippen MR) is 241 cm³/mol. The van der Waals surface area contributed by atoms with E-state index in [1.165, 1.54) is 0 Å². The molecule has 0 saturated carbocycles. The highest BCUT2D eigenvalue weighted by atomic mass is 16.7. The normalized spacial score (nSPS) is 22.3. The summed E-state index contributed by atoms with van der Waals surface area (Å²) < 4.78 is 64.2. The van der Waals surface area contributed by atoms with E-state index in [1.807, 2.05) is 97.1 Å². The second kappa shape index (κ2) is 25.4. The lowest BCUT2D eigenvalue weighted by Crippen LogP contribution is -2.60. The molecule has 1 fully saturated rings. The summed E-state index contributed by atoms with van der Waals surface area (Å²) in [5.41, 5.74) is 5.32. The Hall–Kier alpha value is -4.88. The van der Waals surface area contributed by atoms with Gasteiger partial charge in [-0.15, -0.1) is 0 Å². The van der Waals surface area contributed by atoms with Crippen molar-refractivity contribution in [2.75, 3.05) is 34.2 Å². The summed E-state index contributed by atoms with van der Waals surface area (Å²) in [5.74, 6) is 1.58. The first kappa shape index (κ1) is 46.1. The lowest BCUT2D eigenvalue weighted by molar-refractivity contribution is -0.267. The standard InChI is InChI=1S/C53H62O10/c1-54-39-56-31-15-24-48-51(59-35-42-20-11-5-12-21-42)53(61-36-43-22-13-6-14-23-43)52(60-37-44-25-27-45(55-2)28-26-44)49(63-48)32-46-29-30-47(58-34-41-18-9-4-10-19-41)50(62-46)38-57-33-40-16-7-3-8-17-40/h3-14,16-23,25-29,47-53H,15,24,30-39H2,1-2H3/t47-,48-,49+,50+,51-,52+,53+/m0/s1. The minimum absolute atomic E-state index is 0.211. The van der Waals surface area contributed by atoms with Gasteiger partial charge in [0.05, 0.1) is 64.7 Å². The van der Waals surface area contributed by atoms with Crippen LogP contribution in [0.5, 0.6) is 5.75 Å². The zero-order valence-corrected chi connectivity index (χ0v) is 36.5. The van der Waals surface area contributed by atoms with Crippen LogP contribution in [0.3, 0.4) is 0 Å². The summed E-state index contributed by atoms with van der Waals surface area (Å²) in [7, 11) is 3.29. The predicted octanol–water partition coefficient (Wildman–Crippen LogP) is 9.78. The van der Waals surface area contributed by atoms with Crippen molar-refractivity contribution in [1.29, 1.82) is 0 Å². The molecule has 334 valence electrons. The summed E-state index contributed by atoms with van der Waals surface area (Å²) in [6.07, 6.45) is 1.77. The molecule has 0 unspecified atom stereocenters. The molecular weight excluding hydrogens is 797 g/mol. The van der Waals surface area contributed by atoms with Crippen molar-refractivity contribution in [1.82, 2.24) is 0 Å². The van der Waals surface area contributed by atoms with Crippen molar-refractivity contribution in [2.45, 2.75) is 101 Å². The molecule has 0 radical (unpaired) electrons. The summed E-state index contributed by atoms with van der Waals surface area (Å²) in [6.45, 7) is 3.12. The van der Waals surface area contributed by atoms with Crippen molar-refractivity contribution in [2.24, 2.45) is 0 Å². The van der Waals surface area contributed by atoms with E-state index >= 15 is 0 Å². The van der Waals surface area contributed by atoms with Crippen LogP contribution in [0.15, 0.2) is 157 Å². The van der Waals surface area contributed by atoms with Gasteiger partial charge in [-0.2, -0.15) is 0 Å². The van der Waals surface area contributed by atoms with Gasteiger partial charge in [0.1, 0.15) is 43.1 Å². The van der Waals surface area contributed by atoms with Crippen LogP contribution in [0.2, 0.25) is 0 Å². The molecular formula is C53H62O10. The smallest absolute Gasteiger partial charge is 0.148 e. The molecule has 2 aliphatic heterocycles. The summed E-state index contributed by atoms with van der Waals surface area (Å²) in [4.78, 5) is 0. The van der Waals surface area contributed by atoms with Crippen molar-refractivity contribution in [3.8, 4) is 5.75 Å². The van der Waals surface area contributed by atoms with Crippen molar-refractivity contribution >= 4 is 0 Å². The summed E-state index contributed by atoms with van der Waals surface area (Å²) in [5, 5.41) is 0. The van der Waals surface area contributed by atoms with Crippen LogP contribution in [0.4, 0.5) is 0 Å². The van der Waals surface area contributed by atoms with E-state index in [-0.39, 0.29) is 25.1 Å². The number of benzene rings is 5. The van der Waals surface area contributed by atoms with Crippen molar-refractivity contribution in [3.63, 3.8) is 0 Å². The molecule has 7 rings (SSSR count). The van der Waals surface area contributed by atoms with Crippen LogP contribution in [-0.2, 0) is 75.7 Å². The Kier molecular flexibility index (Phi) is 18.6. The minimum atomic E-state index is -0.540. The quantitative estimate of drug-likeness (QED) is 0.0418. The lowest BCUT2D eigenvalue weighted by atomic mass is 9.89. The first-order valence-corrected chi connectivity index (χ1v) is 22.1.